The quantitative estimate of drug-likeness (QED) is 0.572. The zero-order chi connectivity index (χ0) is 16.0. The Morgan fingerprint density at radius 3 is 2.52 bits per heavy atom. The summed E-state index contributed by atoms with van der Waals surface area (Å²) in [5.41, 5.74) is 0.939. The standard InChI is InChI=1S/C14H18FNO5/c1-8-6-9(2-3-10(8)15)12(17)4-5-16-11(14(20)21)7-13(18)19/h2-3,6,11-12,16-17H,4-5,7H2,1H3,(H,18,19)(H,20,21). The van der Waals surface area contributed by atoms with Crippen molar-refractivity contribution < 1.29 is 29.3 Å². The highest BCUT2D eigenvalue weighted by Gasteiger charge is 2.20. The Kier molecular flexibility index (Phi) is 6.26. The van der Waals surface area contributed by atoms with Gasteiger partial charge in [0.2, 0.25) is 0 Å². The van der Waals surface area contributed by atoms with Crippen LogP contribution >= 0.6 is 0 Å². The van der Waals surface area contributed by atoms with Gasteiger partial charge in [-0.1, -0.05) is 12.1 Å². The molecule has 0 spiro atoms. The molecule has 2 unspecified atom stereocenters. The van der Waals surface area contributed by atoms with Crippen molar-refractivity contribution in [1.82, 2.24) is 5.32 Å². The Morgan fingerprint density at radius 2 is 2.00 bits per heavy atom. The lowest BCUT2D eigenvalue weighted by molar-refractivity contribution is -0.145. The fourth-order valence-electron chi connectivity index (χ4n) is 1.86. The summed E-state index contributed by atoms with van der Waals surface area (Å²) in [5, 5.41) is 29.9. The molecule has 116 valence electrons. The Bertz CT molecular complexity index is 520. The molecule has 1 aromatic rings. The molecular formula is C14H18FNO5. The van der Waals surface area contributed by atoms with Gasteiger partial charge in [0.15, 0.2) is 0 Å². The Balaban J connectivity index is 2.51. The van der Waals surface area contributed by atoms with Crippen LogP contribution in [-0.4, -0.2) is 39.8 Å². The van der Waals surface area contributed by atoms with Crippen LogP contribution in [-0.2, 0) is 9.59 Å². The second-order valence-corrected chi connectivity index (χ2v) is 4.76. The molecule has 0 fully saturated rings. The van der Waals surface area contributed by atoms with E-state index in [0.717, 1.165) is 0 Å². The van der Waals surface area contributed by atoms with E-state index in [1.165, 1.54) is 18.2 Å². The first kappa shape index (κ1) is 17.1. The normalized spacial score (nSPS) is 13.7. The van der Waals surface area contributed by atoms with Crippen LogP contribution in [0, 0.1) is 12.7 Å². The van der Waals surface area contributed by atoms with Gasteiger partial charge in [0.25, 0.3) is 0 Å². The van der Waals surface area contributed by atoms with Crippen molar-refractivity contribution >= 4 is 11.9 Å². The van der Waals surface area contributed by atoms with Gasteiger partial charge in [0.05, 0.1) is 12.5 Å². The van der Waals surface area contributed by atoms with E-state index in [-0.39, 0.29) is 18.8 Å². The summed E-state index contributed by atoms with van der Waals surface area (Å²) < 4.78 is 13.1. The summed E-state index contributed by atoms with van der Waals surface area (Å²) in [7, 11) is 0. The topological polar surface area (TPSA) is 107 Å². The van der Waals surface area contributed by atoms with Gasteiger partial charge in [-0.25, -0.2) is 4.39 Å². The van der Waals surface area contributed by atoms with E-state index in [1.807, 2.05) is 0 Å². The molecule has 1 rings (SSSR count). The van der Waals surface area contributed by atoms with Crippen molar-refractivity contribution in [3.8, 4) is 0 Å². The molecule has 0 saturated carbocycles. The highest BCUT2D eigenvalue weighted by atomic mass is 19.1. The Hall–Kier alpha value is -1.99. The number of benzene rings is 1. The maximum absolute atomic E-state index is 13.1. The molecule has 0 radical (unpaired) electrons. The third-order valence-electron chi connectivity index (χ3n) is 3.05. The van der Waals surface area contributed by atoms with E-state index in [1.54, 1.807) is 6.92 Å². The third-order valence-corrected chi connectivity index (χ3v) is 3.05. The number of nitrogens with one attached hydrogen (secondary N) is 1. The number of hydrogen-bond acceptors (Lipinski definition) is 4. The van der Waals surface area contributed by atoms with E-state index in [9.17, 15) is 19.1 Å². The van der Waals surface area contributed by atoms with E-state index in [4.69, 9.17) is 10.2 Å². The van der Waals surface area contributed by atoms with Crippen molar-refractivity contribution in [2.45, 2.75) is 31.9 Å². The number of carbonyl (C=O) groups is 2. The van der Waals surface area contributed by atoms with Crippen LogP contribution in [0.5, 0.6) is 0 Å². The van der Waals surface area contributed by atoms with Crippen molar-refractivity contribution in [2.75, 3.05) is 6.54 Å². The molecule has 0 aromatic heterocycles. The molecule has 0 saturated heterocycles. The first-order valence-corrected chi connectivity index (χ1v) is 6.43. The third kappa shape index (κ3) is 5.49. The molecule has 1 aromatic carbocycles. The average molecular weight is 299 g/mol. The molecular weight excluding hydrogens is 281 g/mol. The largest absolute Gasteiger partial charge is 0.481 e. The SMILES string of the molecule is Cc1cc(C(O)CCNC(CC(=O)O)C(=O)O)ccc1F. The number of hydrogen-bond donors (Lipinski definition) is 4. The molecule has 4 N–H and O–H groups in total. The second kappa shape index (κ2) is 7.70. The first-order chi connectivity index (χ1) is 9.81. The van der Waals surface area contributed by atoms with Crippen LogP contribution in [0.25, 0.3) is 0 Å². The van der Waals surface area contributed by atoms with Gasteiger partial charge >= 0.3 is 11.9 Å². The van der Waals surface area contributed by atoms with Crippen molar-refractivity contribution in [3.05, 3.63) is 35.1 Å². The van der Waals surface area contributed by atoms with E-state index in [2.05, 4.69) is 5.32 Å². The Morgan fingerprint density at radius 1 is 1.33 bits per heavy atom. The molecule has 0 bridgehead atoms. The molecule has 6 nitrogen and oxygen atoms in total. The predicted molar refractivity (Wildman–Crippen MR) is 72.4 cm³/mol. The first-order valence-electron chi connectivity index (χ1n) is 6.43. The molecule has 0 aliphatic rings. The van der Waals surface area contributed by atoms with Crippen molar-refractivity contribution in [1.29, 1.82) is 0 Å². The monoisotopic (exact) mass is 299 g/mol. The molecule has 0 heterocycles. The molecule has 0 aliphatic carbocycles. The van der Waals surface area contributed by atoms with Crippen LogP contribution in [0.3, 0.4) is 0 Å². The van der Waals surface area contributed by atoms with Crippen molar-refractivity contribution in [2.24, 2.45) is 0 Å². The summed E-state index contributed by atoms with van der Waals surface area (Å²) in [6.45, 7) is 1.71. The number of carboxylic acid groups (broad SMARTS) is 2. The summed E-state index contributed by atoms with van der Waals surface area (Å²) in [5.74, 6) is -2.84. The lowest BCUT2D eigenvalue weighted by atomic mass is 10.0. The zero-order valence-corrected chi connectivity index (χ0v) is 11.5. The van der Waals surface area contributed by atoms with Gasteiger partial charge in [-0.15, -0.1) is 0 Å². The number of aliphatic carboxylic acids is 2. The molecule has 0 aliphatic heterocycles. The predicted octanol–water partition coefficient (Wildman–Crippen LogP) is 1.08. The van der Waals surface area contributed by atoms with E-state index >= 15 is 0 Å². The molecule has 7 heteroatoms. The van der Waals surface area contributed by atoms with Crippen LogP contribution in [0.1, 0.15) is 30.1 Å². The number of halogens is 1. The van der Waals surface area contributed by atoms with Crippen LogP contribution in [0.4, 0.5) is 4.39 Å². The van der Waals surface area contributed by atoms with Crippen LogP contribution < -0.4 is 5.32 Å². The number of aryl methyl sites for hydroxylation is 1. The van der Waals surface area contributed by atoms with Gasteiger partial charge in [-0.3, -0.25) is 9.59 Å². The minimum atomic E-state index is -1.26. The lowest BCUT2D eigenvalue weighted by Gasteiger charge is -2.15. The number of aliphatic hydroxyl groups excluding tert-OH is 1. The smallest absolute Gasteiger partial charge is 0.321 e. The summed E-state index contributed by atoms with van der Waals surface area (Å²) >= 11 is 0. The molecule has 2 atom stereocenters. The van der Waals surface area contributed by atoms with Crippen LogP contribution in [0.2, 0.25) is 0 Å². The fourth-order valence-corrected chi connectivity index (χ4v) is 1.86. The highest BCUT2D eigenvalue weighted by Crippen LogP contribution is 2.19. The second-order valence-electron chi connectivity index (χ2n) is 4.76. The lowest BCUT2D eigenvalue weighted by Crippen LogP contribution is -2.39. The summed E-state index contributed by atoms with van der Waals surface area (Å²) in [6.07, 6.45) is -1.23. The summed E-state index contributed by atoms with van der Waals surface area (Å²) in [4.78, 5) is 21.3. The van der Waals surface area contributed by atoms with E-state index < -0.39 is 30.5 Å². The fraction of sp³-hybridized carbons (Fsp3) is 0.429. The minimum Gasteiger partial charge on any atom is -0.481 e. The van der Waals surface area contributed by atoms with Crippen LogP contribution in [0.15, 0.2) is 18.2 Å². The minimum absolute atomic E-state index is 0.127. The van der Waals surface area contributed by atoms with E-state index in [0.29, 0.717) is 11.1 Å². The Labute approximate surface area is 121 Å². The summed E-state index contributed by atoms with van der Waals surface area (Å²) in [6, 6.07) is 3.03. The number of rotatable bonds is 8. The van der Waals surface area contributed by atoms with Gasteiger partial charge < -0.3 is 20.6 Å². The van der Waals surface area contributed by atoms with Gasteiger partial charge in [0, 0.05) is 0 Å². The van der Waals surface area contributed by atoms with Gasteiger partial charge in [0.1, 0.15) is 11.9 Å². The van der Waals surface area contributed by atoms with Crippen molar-refractivity contribution in [3.63, 3.8) is 0 Å². The maximum Gasteiger partial charge on any atom is 0.321 e. The number of aliphatic hydroxyl groups is 1. The van der Waals surface area contributed by atoms with Gasteiger partial charge in [-0.05, 0) is 37.1 Å². The maximum atomic E-state index is 13.1. The average Bonchev–Trinajstić information content (AvgIpc) is 2.40. The zero-order valence-electron chi connectivity index (χ0n) is 11.5. The highest BCUT2D eigenvalue weighted by molar-refractivity contribution is 5.80. The number of carboxylic acids is 2. The molecule has 0 amide bonds. The molecule has 21 heavy (non-hydrogen) atoms. The van der Waals surface area contributed by atoms with Gasteiger partial charge in [-0.2, -0.15) is 0 Å².